The lowest BCUT2D eigenvalue weighted by molar-refractivity contribution is -0.150. The van der Waals surface area contributed by atoms with Gasteiger partial charge in [0.1, 0.15) is 5.75 Å². The Bertz CT molecular complexity index is 480. The van der Waals surface area contributed by atoms with Crippen LogP contribution in [0.25, 0.3) is 0 Å². The van der Waals surface area contributed by atoms with Crippen molar-refractivity contribution in [2.24, 2.45) is 5.92 Å². The van der Waals surface area contributed by atoms with Crippen molar-refractivity contribution >= 4 is 5.97 Å². The summed E-state index contributed by atoms with van der Waals surface area (Å²) in [5, 5.41) is 18.9. The summed E-state index contributed by atoms with van der Waals surface area (Å²) < 4.78 is 0. The minimum absolute atomic E-state index is 0.196. The summed E-state index contributed by atoms with van der Waals surface area (Å²) in [7, 11) is 0. The number of aromatic hydroxyl groups is 1. The molecule has 2 aliphatic carbocycles. The monoisotopic (exact) mass is 232 g/mol. The quantitative estimate of drug-likeness (QED) is 0.782. The van der Waals surface area contributed by atoms with Crippen LogP contribution in [-0.2, 0) is 16.6 Å². The first kappa shape index (κ1) is 10.6. The molecule has 2 N–H and O–H groups in total. The van der Waals surface area contributed by atoms with E-state index in [9.17, 15) is 15.0 Å². The molecule has 17 heavy (non-hydrogen) atoms. The van der Waals surface area contributed by atoms with Gasteiger partial charge in [-0.05, 0) is 55.4 Å². The highest BCUT2D eigenvalue weighted by atomic mass is 16.4. The number of carboxylic acid groups (broad SMARTS) is 1. The number of carboxylic acids is 1. The van der Waals surface area contributed by atoms with Crippen molar-refractivity contribution in [3.05, 3.63) is 29.3 Å². The normalized spacial score (nSPS) is 30.7. The zero-order chi connectivity index (χ0) is 12.0. The van der Waals surface area contributed by atoms with E-state index in [0.29, 0.717) is 0 Å². The van der Waals surface area contributed by atoms with E-state index in [0.717, 1.165) is 37.7 Å². The third-order valence-electron chi connectivity index (χ3n) is 4.54. The van der Waals surface area contributed by atoms with Crippen LogP contribution in [-0.4, -0.2) is 16.2 Å². The molecule has 0 aliphatic heterocycles. The second-order valence-corrected chi connectivity index (χ2v) is 5.28. The van der Waals surface area contributed by atoms with Crippen LogP contribution in [0.2, 0.25) is 0 Å². The molecular weight excluding hydrogens is 216 g/mol. The van der Waals surface area contributed by atoms with Crippen LogP contribution in [0.3, 0.4) is 0 Å². The zero-order valence-corrected chi connectivity index (χ0v) is 9.65. The third-order valence-corrected chi connectivity index (χ3v) is 4.54. The van der Waals surface area contributed by atoms with Crippen LogP contribution in [0.5, 0.6) is 5.75 Å². The third kappa shape index (κ3) is 1.38. The lowest BCUT2D eigenvalue weighted by Gasteiger charge is -2.51. The first-order valence-electron chi connectivity index (χ1n) is 6.19. The molecule has 3 nitrogen and oxygen atoms in total. The summed E-state index contributed by atoms with van der Waals surface area (Å²) in [6.45, 7) is 0. The van der Waals surface area contributed by atoms with Crippen molar-refractivity contribution in [3.8, 4) is 5.75 Å². The van der Waals surface area contributed by atoms with E-state index < -0.39 is 5.97 Å². The summed E-state index contributed by atoms with van der Waals surface area (Å²) in [5.74, 6) is -0.697. The van der Waals surface area contributed by atoms with Gasteiger partial charge < -0.3 is 10.2 Å². The van der Waals surface area contributed by atoms with E-state index in [-0.39, 0.29) is 17.1 Å². The van der Waals surface area contributed by atoms with Gasteiger partial charge in [-0.2, -0.15) is 0 Å². The number of hydrogen-bond acceptors (Lipinski definition) is 2. The van der Waals surface area contributed by atoms with E-state index in [2.05, 4.69) is 0 Å². The molecule has 1 spiro atoms. The van der Waals surface area contributed by atoms with E-state index in [4.69, 9.17) is 0 Å². The van der Waals surface area contributed by atoms with Crippen LogP contribution < -0.4 is 0 Å². The highest BCUT2D eigenvalue weighted by Gasteiger charge is 2.53. The topological polar surface area (TPSA) is 57.5 Å². The molecule has 3 rings (SSSR count). The number of phenolic OH excluding ortho intramolecular Hbond substituents is 1. The number of hydrogen-bond donors (Lipinski definition) is 2. The van der Waals surface area contributed by atoms with Crippen molar-refractivity contribution < 1.29 is 15.0 Å². The van der Waals surface area contributed by atoms with Crippen molar-refractivity contribution in [1.82, 2.24) is 0 Å². The van der Waals surface area contributed by atoms with Crippen molar-refractivity contribution in [3.63, 3.8) is 0 Å². The molecule has 1 aromatic carbocycles. The maximum Gasteiger partial charge on any atom is 0.307 e. The minimum Gasteiger partial charge on any atom is -0.508 e. The molecule has 3 heteroatoms. The Morgan fingerprint density at radius 2 is 2.18 bits per heavy atom. The summed E-state index contributed by atoms with van der Waals surface area (Å²) in [4.78, 5) is 11.3. The largest absolute Gasteiger partial charge is 0.508 e. The fraction of sp³-hybridized carbons (Fsp3) is 0.500. The second-order valence-electron chi connectivity index (χ2n) is 5.28. The molecule has 90 valence electrons. The summed E-state index contributed by atoms with van der Waals surface area (Å²) in [6.07, 6.45) is 4.72. The van der Waals surface area contributed by atoms with Crippen molar-refractivity contribution in [2.45, 2.75) is 37.5 Å². The van der Waals surface area contributed by atoms with Gasteiger partial charge in [0.25, 0.3) is 0 Å². The Balaban J connectivity index is 2.10. The lowest BCUT2D eigenvalue weighted by atomic mass is 9.52. The Morgan fingerprint density at radius 1 is 1.35 bits per heavy atom. The molecular formula is C14H16O3. The van der Waals surface area contributed by atoms with Crippen LogP contribution >= 0.6 is 0 Å². The lowest BCUT2D eigenvalue weighted by Crippen LogP contribution is -2.50. The maximum absolute atomic E-state index is 11.3. The van der Waals surface area contributed by atoms with Crippen LogP contribution in [0.15, 0.2) is 18.2 Å². The van der Waals surface area contributed by atoms with Crippen LogP contribution in [0.1, 0.15) is 36.8 Å². The molecule has 0 unspecified atom stereocenters. The molecule has 1 aromatic rings. The van der Waals surface area contributed by atoms with Gasteiger partial charge in [-0.15, -0.1) is 0 Å². The second kappa shape index (κ2) is 3.49. The molecule has 2 atom stereocenters. The predicted octanol–water partition coefficient (Wildman–Crippen LogP) is 2.46. The maximum atomic E-state index is 11.3. The van der Waals surface area contributed by atoms with Gasteiger partial charge in [0, 0.05) is 5.41 Å². The van der Waals surface area contributed by atoms with Gasteiger partial charge in [-0.3, -0.25) is 4.79 Å². The highest BCUT2D eigenvalue weighted by molar-refractivity contribution is 5.74. The molecule has 0 aromatic heterocycles. The molecule has 1 saturated carbocycles. The molecule has 0 amide bonds. The number of aryl methyl sites for hydroxylation is 1. The van der Waals surface area contributed by atoms with Crippen LogP contribution in [0.4, 0.5) is 0 Å². The van der Waals surface area contributed by atoms with Gasteiger partial charge in [0.2, 0.25) is 0 Å². The number of carbonyl (C=O) groups is 1. The summed E-state index contributed by atoms with van der Waals surface area (Å²) >= 11 is 0. The van der Waals surface area contributed by atoms with Gasteiger partial charge in [0.15, 0.2) is 0 Å². The molecule has 2 aliphatic rings. The van der Waals surface area contributed by atoms with Gasteiger partial charge in [-0.25, -0.2) is 0 Å². The zero-order valence-electron chi connectivity index (χ0n) is 9.65. The fourth-order valence-corrected chi connectivity index (χ4v) is 3.59. The summed E-state index contributed by atoms with van der Waals surface area (Å²) in [5.41, 5.74) is 2.11. The first-order chi connectivity index (χ1) is 8.13. The standard InChI is InChI=1S/C14H16O3/c15-10-4-3-9-2-1-6-14(12(9)8-10)7-5-11(14)13(16)17/h3-4,8,11,15H,1-2,5-7H2,(H,16,17)/t11-,14-/m0/s1. The van der Waals surface area contributed by atoms with Gasteiger partial charge in [0.05, 0.1) is 5.92 Å². The van der Waals surface area contributed by atoms with E-state index in [1.165, 1.54) is 5.56 Å². The Labute approximate surface area is 100 Å². The van der Waals surface area contributed by atoms with E-state index in [1.54, 1.807) is 12.1 Å². The first-order valence-corrected chi connectivity index (χ1v) is 6.19. The summed E-state index contributed by atoms with van der Waals surface area (Å²) in [6, 6.07) is 5.43. The number of fused-ring (bicyclic) bond motifs is 2. The van der Waals surface area contributed by atoms with E-state index in [1.807, 2.05) is 6.07 Å². The average Bonchev–Trinajstić information content (AvgIpc) is 2.25. The highest BCUT2D eigenvalue weighted by Crippen LogP contribution is 2.55. The Hall–Kier alpha value is -1.51. The van der Waals surface area contributed by atoms with E-state index >= 15 is 0 Å². The number of benzene rings is 1. The Morgan fingerprint density at radius 3 is 2.82 bits per heavy atom. The number of phenols is 1. The molecule has 1 fully saturated rings. The molecule has 0 heterocycles. The predicted molar refractivity (Wildman–Crippen MR) is 63.1 cm³/mol. The van der Waals surface area contributed by atoms with Crippen molar-refractivity contribution in [1.29, 1.82) is 0 Å². The number of rotatable bonds is 1. The SMILES string of the molecule is O=C(O)[C@@H]1CC[C@@]12CCCc1ccc(O)cc12. The molecule has 0 saturated heterocycles. The van der Waals surface area contributed by atoms with Gasteiger partial charge in [-0.1, -0.05) is 6.07 Å². The molecule has 0 bridgehead atoms. The van der Waals surface area contributed by atoms with Crippen molar-refractivity contribution in [2.75, 3.05) is 0 Å². The number of aliphatic carboxylic acids is 1. The smallest absolute Gasteiger partial charge is 0.307 e. The fourth-order valence-electron chi connectivity index (χ4n) is 3.59. The molecule has 0 radical (unpaired) electrons. The van der Waals surface area contributed by atoms with Gasteiger partial charge >= 0.3 is 5.97 Å². The minimum atomic E-state index is -0.688. The average molecular weight is 232 g/mol. The van der Waals surface area contributed by atoms with Crippen LogP contribution in [0, 0.1) is 5.92 Å². The Kier molecular flexibility index (Phi) is 2.18.